The zero-order valence-electron chi connectivity index (χ0n) is 15.9. The largest absolute Gasteiger partial charge is 0.379 e. The minimum Gasteiger partial charge on any atom is -0.379 e. The second kappa shape index (κ2) is 8.79. The molecule has 3 rings (SSSR count). The highest BCUT2D eigenvalue weighted by molar-refractivity contribution is 7.88. The molecule has 2 aliphatic heterocycles. The number of rotatable bonds is 8. The number of morpholine rings is 1. The molecule has 0 amide bonds. The lowest BCUT2D eigenvalue weighted by Gasteiger charge is -2.30. The van der Waals surface area contributed by atoms with Gasteiger partial charge in [0.15, 0.2) is 0 Å². The zero-order valence-corrected chi connectivity index (χ0v) is 16.7. The highest BCUT2D eigenvalue weighted by Crippen LogP contribution is 2.20. The summed E-state index contributed by atoms with van der Waals surface area (Å²) in [6, 6.07) is 0.0753. The fourth-order valence-corrected chi connectivity index (χ4v) is 5.07. The van der Waals surface area contributed by atoms with Crippen LogP contribution in [0.4, 0.5) is 0 Å². The molecule has 1 aromatic heterocycles. The van der Waals surface area contributed by atoms with E-state index in [9.17, 15) is 8.42 Å². The zero-order chi connectivity index (χ0) is 18.6. The molecule has 8 nitrogen and oxygen atoms in total. The Hall–Kier alpha value is -1.00. The molecule has 9 heteroatoms. The maximum Gasteiger partial charge on any atom is 0.211 e. The third-order valence-electron chi connectivity index (χ3n) is 5.20. The fraction of sp³-hybridized carbons (Fsp3) is 0.824. The predicted octanol–water partition coefficient (Wildman–Crippen LogP) is -0.0217. The van der Waals surface area contributed by atoms with Crippen LogP contribution in [0, 0.1) is 0 Å². The van der Waals surface area contributed by atoms with Crippen LogP contribution in [0.25, 0.3) is 0 Å². The summed E-state index contributed by atoms with van der Waals surface area (Å²) >= 11 is 0. The molecule has 0 aliphatic carbocycles. The van der Waals surface area contributed by atoms with Crippen molar-refractivity contribution < 1.29 is 13.2 Å². The smallest absolute Gasteiger partial charge is 0.211 e. The maximum absolute atomic E-state index is 12.3. The van der Waals surface area contributed by atoms with Crippen molar-refractivity contribution in [1.29, 1.82) is 0 Å². The highest BCUT2D eigenvalue weighted by atomic mass is 32.2. The first kappa shape index (κ1) is 19.8. The van der Waals surface area contributed by atoms with Crippen LogP contribution in [-0.2, 0) is 28.4 Å². The Kier molecular flexibility index (Phi) is 6.68. The molecule has 2 saturated heterocycles. The lowest BCUT2D eigenvalue weighted by molar-refractivity contribution is 0.0366. The average Bonchev–Trinajstić information content (AvgIpc) is 3.21. The molecule has 0 radical (unpaired) electrons. The van der Waals surface area contributed by atoms with Gasteiger partial charge in [0.2, 0.25) is 10.0 Å². The number of likely N-dealkylation sites (tertiary alicyclic amines) is 1. The first-order chi connectivity index (χ1) is 12.4. The second-order valence-electron chi connectivity index (χ2n) is 7.38. The monoisotopic (exact) mass is 385 g/mol. The fourth-order valence-electron chi connectivity index (χ4n) is 3.90. The topological polar surface area (TPSA) is 70.9 Å². The van der Waals surface area contributed by atoms with Crippen LogP contribution in [0.2, 0.25) is 0 Å². The summed E-state index contributed by atoms with van der Waals surface area (Å²) in [4.78, 5) is 4.68. The van der Waals surface area contributed by atoms with E-state index in [1.54, 1.807) is 8.99 Å². The van der Waals surface area contributed by atoms with Crippen LogP contribution in [-0.4, -0.2) is 97.1 Å². The molecule has 1 atom stereocenters. The standard InChI is InChI=1S/C17H31N5O3S/c1-19-13-16(12-18-19)14-21-7-4-17(15-21)22(26(2,23)24)6-3-5-20-8-10-25-11-9-20/h12-13,17H,3-11,14-15H2,1-2H3. The summed E-state index contributed by atoms with van der Waals surface area (Å²) in [6.07, 6.45) is 7.00. The van der Waals surface area contributed by atoms with Gasteiger partial charge in [-0.05, 0) is 19.4 Å². The molecule has 0 N–H and O–H groups in total. The number of sulfonamides is 1. The van der Waals surface area contributed by atoms with Crippen LogP contribution < -0.4 is 0 Å². The molecule has 3 heterocycles. The molecule has 148 valence electrons. The van der Waals surface area contributed by atoms with Crippen molar-refractivity contribution in [3.8, 4) is 0 Å². The van der Waals surface area contributed by atoms with Gasteiger partial charge in [-0.15, -0.1) is 0 Å². The van der Waals surface area contributed by atoms with Crippen molar-refractivity contribution in [2.45, 2.75) is 25.4 Å². The number of hydrogen-bond donors (Lipinski definition) is 0. The Morgan fingerprint density at radius 3 is 2.69 bits per heavy atom. The van der Waals surface area contributed by atoms with Crippen LogP contribution in [0.3, 0.4) is 0 Å². The second-order valence-corrected chi connectivity index (χ2v) is 9.32. The molecule has 26 heavy (non-hydrogen) atoms. The molecular formula is C17H31N5O3S. The lowest BCUT2D eigenvalue weighted by atomic mass is 10.2. The SMILES string of the molecule is Cn1cc(CN2CCC(N(CCCN3CCOCC3)S(C)(=O)=O)C2)cn1. The van der Waals surface area contributed by atoms with E-state index in [0.29, 0.717) is 6.54 Å². The van der Waals surface area contributed by atoms with Gasteiger partial charge in [0.05, 0.1) is 25.7 Å². The number of ether oxygens (including phenoxy) is 1. The molecule has 1 unspecified atom stereocenters. The van der Waals surface area contributed by atoms with Crippen molar-refractivity contribution in [2.24, 2.45) is 7.05 Å². The van der Waals surface area contributed by atoms with Crippen LogP contribution in [0.15, 0.2) is 12.4 Å². The summed E-state index contributed by atoms with van der Waals surface area (Å²) in [5.41, 5.74) is 1.17. The van der Waals surface area contributed by atoms with Gasteiger partial charge < -0.3 is 4.74 Å². The van der Waals surface area contributed by atoms with Gasteiger partial charge in [-0.25, -0.2) is 8.42 Å². The minimum atomic E-state index is -3.20. The van der Waals surface area contributed by atoms with Crippen molar-refractivity contribution in [1.82, 2.24) is 23.9 Å². The normalized spacial score (nSPS) is 23.1. The van der Waals surface area contributed by atoms with Gasteiger partial charge in [-0.3, -0.25) is 14.5 Å². The Labute approximate surface area is 156 Å². The molecule has 0 spiro atoms. The van der Waals surface area contributed by atoms with E-state index in [1.807, 2.05) is 19.4 Å². The van der Waals surface area contributed by atoms with E-state index in [1.165, 1.54) is 11.8 Å². The lowest BCUT2D eigenvalue weighted by Crippen LogP contribution is -2.43. The number of aromatic nitrogens is 2. The first-order valence-electron chi connectivity index (χ1n) is 9.38. The molecule has 0 bridgehead atoms. The van der Waals surface area contributed by atoms with Gasteiger partial charge in [-0.1, -0.05) is 0 Å². The number of aryl methyl sites for hydroxylation is 1. The third-order valence-corrected chi connectivity index (χ3v) is 6.53. The van der Waals surface area contributed by atoms with E-state index < -0.39 is 10.0 Å². The third kappa shape index (κ3) is 5.50. The number of nitrogens with zero attached hydrogens (tertiary/aromatic N) is 5. The Morgan fingerprint density at radius 2 is 2.04 bits per heavy atom. The van der Waals surface area contributed by atoms with Gasteiger partial charge in [0.1, 0.15) is 0 Å². The molecule has 0 aromatic carbocycles. The molecule has 1 aromatic rings. The first-order valence-corrected chi connectivity index (χ1v) is 11.2. The average molecular weight is 386 g/mol. The van der Waals surface area contributed by atoms with Crippen molar-refractivity contribution in [2.75, 3.05) is 58.7 Å². The summed E-state index contributed by atoms with van der Waals surface area (Å²) in [7, 11) is -1.28. The van der Waals surface area contributed by atoms with Gasteiger partial charge in [-0.2, -0.15) is 9.40 Å². The maximum atomic E-state index is 12.3. The van der Waals surface area contributed by atoms with E-state index in [-0.39, 0.29) is 6.04 Å². The van der Waals surface area contributed by atoms with E-state index >= 15 is 0 Å². The van der Waals surface area contributed by atoms with E-state index in [4.69, 9.17) is 4.74 Å². The van der Waals surface area contributed by atoms with Crippen molar-refractivity contribution >= 4 is 10.0 Å². The van der Waals surface area contributed by atoms with Crippen LogP contribution in [0.1, 0.15) is 18.4 Å². The minimum absolute atomic E-state index is 0.0753. The predicted molar refractivity (Wildman–Crippen MR) is 100 cm³/mol. The summed E-state index contributed by atoms with van der Waals surface area (Å²) in [5, 5.41) is 4.21. The Bertz CT molecular complexity index is 672. The van der Waals surface area contributed by atoms with Gasteiger partial charge in [0, 0.05) is 64.1 Å². The van der Waals surface area contributed by atoms with Crippen molar-refractivity contribution in [3.63, 3.8) is 0 Å². The molecule has 2 fully saturated rings. The molecular weight excluding hydrogens is 354 g/mol. The van der Waals surface area contributed by atoms with Gasteiger partial charge >= 0.3 is 0 Å². The summed E-state index contributed by atoms with van der Waals surface area (Å²) in [6.45, 7) is 7.53. The molecule has 2 aliphatic rings. The number of hydrogen-bond acceptors (Lipinski definition) is 6. The van der Waals surface area contributed by atoms with E-state index in [2.05, 4.69) is 14.9 Å². The molecule has 0 saturated carbocycles. The summed E-state index contributed by atoms with van der Waals surface area (Å²) in [5.74, 6) is 0. The van der Waals surface area contributed by atoms with Crippen LogP contribution in [0.5, 0.6) is 0 Å². The van der Waals surface area contributed by atoms with E-state index in [0.717, 1.165) is 65.3 Å². The Balaban J connectivity index is 1.51. The quantitative estimate of drug-likeness (QED) is 0.626. The highest BCUT2D eigenvalue weighted by Gasteiger charge is 2.32. The Morgan fingerprint density at radius 1 is 1.27 bits per heavy atom. The van der Waals surface area contributed by atoms with Gasteiger partial charge in [0.25, 0.3) is 0 Å². The van der Waals surface area contributed by atoms with Crippen molar-refractivity contribution in [3.05, 3.63) is 18.0 Å². The summed E-state index contributed by atoms with van der Waals surface area (Å²) < 4.78 is 33.5. The van der Waals surface area contributed by atoms with Crippen LogP contribution >= 0.6 is 0 Å².